The number of aromatic nitrogens is 1. The fraction of sp³-hybridized carbons (Fsp3) is 0.154. The van der Waals surface area contributed by atoms with Gasteiger partial charge in [-0.15, -0.1) is 0 Å². The van der Waals surface area contributed by atoms with Crippen molar-refractivity contribution in [1.29, 1.82) is 0 Å². The molecule has 1 amide bonds. The summed E-state index contributed by atoms with van der Waals surface area (Å²) in [7, 11) is 0. The molecule has 3 rings (SSSR count). The molecular weight excluding hydrogens is 280 g/mol. The third-order valence-electron chi connectivity index (χ3n) is 3.01. The van der Waals surface area contributed by atoms with Gasteiger partial charge in [-0.25, -0.2) is 0 Å². The second kappa shape index (κ2) is 4.04. The Hall–Kier alpha value is -1.55. The molecule has 0 bridgehead atoms. The second-order valence-electron chi connectivity index (χ2n) is 4.07. The molecule has 1 aromatic carbocycles. The van der Waals surface area contributed by atoms with Gasteiger partial charge in [0.05, 0.1) is 0 Å². The molecule has 1 aromatic heterocycles. The molecule has 2 heterocycles. The number of benzene rings is 1. The van der Waals surface area contributed by atoms with Crippen molar-refractivity contribution in [3.8, 4) is 0 Å². The SMILES string of the molecule is O=C(c1cc(Br)c[nH]1)N1CCc2ccccc21. The molecule has 0 aliphatic carbocycles. The van der Waals surface area contributed by atoms with Crippen molar-refractivity contribution in [3.05, 3.63) is 52.3 Å². The number of para-hydroxylation sites is 1. The average molecular weight is 291 g/mol. The minimum atomic E-state index is 0.0284. The topological polar surface area (TPSA) is 36.1 Å². The number of carbonyl (C=O) groups is 1. The van der Waals surface area contributed by atoms with Gasteiger partial charge in [-0.05, 0) is 40.0 Å². The fourth-order valence-electron chi connectivity index (χ4n) is 2.19. The van der Waals surface area contributed by atoms with E-state index in [1.54, 1.807) is 6.20 Å². The summed E-state index contributed by atoms with van der Waals surface area (Å²) < 4.78 is 0.897. The van der Waals surface area contributed by atoms with Crippen molar-refractivity contribution in [1.82, 2.24) is 4.98 Å². The molecule has 0 saturated carbocycles. The fourth-order valence-corrected chi connectivity index (χ4v) is 2.53. The van der Waals surface area contributed by atoms with Crippen LogP contribution in [0.5, 0.6) is 0 Å². The number of hydrogen-bond acceptors (Lipinski definition) is 1. The lowest BCUT2D eigenvalue weighted by atomic mass is 10.2. The van der Waals surface area contributed by atoms with Crippen molar-refractivity contribution < 1.29 is 4.79 Å². The van der Waals surface area contributed by atoms with Gasteiger partial charge in [0.25, 0.3) is 5.91 Å². The zero-order chi connectivity index (χ0) is 11.8. The number of nitrogens with one attached hydrogen (secondary N) is 1. The molecule has 2 aromatic rings. The number of aromatic amines is 1. The molecule has 3 nitrogen and oxygen atoms in total. The van der Waals surface area contributed by atoms with Crippen LogP contribution in [-0.4, -0.2) is 17.4 Å². The predicted molar refractivity (Wildman–Crippen MR) is 70.3 cm³/mol. The highest BCUT2D eigenvalue weighted by Crippen LogP contribution is 2.28. The van der Waals surface area contributed by atoms with Gasteiger partial charge in [0.15, 0.2) is 0 Å². The molecule has 0 atom stereocenters. The van der Waals surface area contributed by atoms with Crippen LogP contribution in [0.1, 0.15) is 16.1 Å². The Kier molecular flexibility index (Phi) is 2.52. The monoisotopic (exact) mass is 290 g/mol. The van der Waals surface area contributed by atoms with Crippen molar-refractivity contribution in [2.75, 3.05) is 11.4 Å². The van der Waals surface area contributed by atoms with Crippen LogP contribution in [0.2, 0.25) is 0 Å². The summed E-state index contributed by atoms with van der Waals surface area (Å²) in [5, 5.41) is 0. The number of fused-ring (bicyclic) bond motifs is 1. The van der Waals surface area contributed by atoms with Crippen LogP contribution >= 0.6 is 15.9 Å². The molecule has 17 heavy (non-hydrogen) atoms. The van der Waals surface area contributed by atoms with E-state index in [4.69, 9.17) is 0 Å². The van der Waals surface area contributed by atoms with E-state index in [1.165, 1.54) is 5.56 Å². The first kappa shape index (κ1) is 10.6. The van der Waals surface area contributed by atoms with Crippen LogP contribution in [0.25, 0.3) is 0 Å². The number of hydrogen-bond donors (Lipinski definition) is 1. The molecule has 0 radical (unpaired) electrons. The number of rotatable bonds is 1. The quantitative estimate of drug-likeness (QED) is 0.861. The molecule has 0 spiro atoms. The standard InChI is InChI=1S/C13H11BrN2O/c14-10-7-11(15-8-10)13(17)16-6-5-9-3-1-2-4-12(9)16/h1-4,7-8,15H,5-6H2. The van der Waals surface area contributed by atoms with Gasteiger partial charge in [-0.1, -0.05) is 18.2 Å². The third kappa shape index (κ3) is 1.78. The molecule has 86 valence electrons. The normalized spacial score (nSPS) is 13.8. The zero-order valence-electron chi connectivity index (χ0n) is 9.11. The van der Waals surface area contributed by atoms with Gasteiger partial charge in [0.2, 0.25) is 0 Å². The number of amides is 1. The molecule has 1 aliphatic rings. The first-order valence-electron chi connectivity index (χ1n) is 5.49. The highest BCUT2D eigenvalue weighted by atomic mass is 79.9. The van der Waals surface area contributed by atoms with E-state index in [0.717, 1.165) is 23.1 Å². The van der Waals surface area contributed by atoms with Gasteiger partial charge in [0.1, 0.15) is 5.69 Å². The van der Waals surface area contributed by atoms with E-state index >= 15 is 0 Å². The highest BCUT2D eigenvalue weighted by molar-refractivity contribution is 9.10. The van der Waals surface area contributed by atoms with Gasteiger partial charge < -0.3 is 9.88 Å². The predicted octanol–water partition coefficient (Wildman–Crippen LogP) is 2.98. The third-order valence-corrected chi connectivity index (χ3v) is 3.47. The maximum Gasteiger partial charge on any atom is 0.274 e. The summed E-state index contributed by atoms with van der Waals surface area (Å²) in [6, 6.07) is 9.86. The Morgan fingerprint density at radius 2 is 2.18 bits per heavy atom. The Labute approximate surface area is 108 Å². The summed E-state index contributed by atoms with van der Waals surface area (Å²) in [6.45, 7) is 0.759. The lowest BCUT2D eigenvalue weighted by Crippen LogP contribution is -2.29. The molecule has 4 heteroatoms. The Morgan fingerprint density at radius 1 is 1.35 bits per heavy atom. The van der Waals surface area contributed by atoms with E-state index in [-0.39, 0.29) is 5.91 Å². The largest absolute Gasteiger partial charge is 0.356 e. The first-order chi connectivity index (χ1) is 8.25. The molecule has 0 saturated heterocycles. The molecular formula is C13H11BrN2O. The number of halogens is 1. The van der Waals surface area contributed by atoms with Crippen molar-refractivity contribution in [2.45, 2.75) is 6.42 Å². The van der Waals surface area contributed by atoms with Gasteiger partial charge >= 0.3 is 0 Å². The van der Waals surface area contributed by atoms with Crippen LogP contribution in [0.4, 0.5) is 5.69 Å². The summed E-state index contributed by atoms with van der Waals surface area (Å²) in [4.78, 5) is 17.1. The lowest BCUT2D eigenvalue weighted by molar-refractivity contribution is 0.0985. The highest BCUT2D eigenvalue weighted by Gasteiger charge is 2.25. The van der Waals surface area contributed by atoms with E-state index in [0.29, 0.717) is 5.69 Å². The van der Waals surface area contributed by atoms with Gasteiger partial charge in [0, 0.05) is 22.9 Å². The Balaban J connectivity index is 1.95. The summed E-state index contributed by atoms with van der Waals surface area (Å²) >= 11 is 3.34. The minimum Gasteiger partial charge on any atom is -0.356 e. The average Bonchev–Trinajstić information content (AvgIpc) is 2.94. The number of carbonyl (C=O) groups excluding carboxylic acids is 1. The Bertz CT molecular complexity index is 576. The van der Waals surface area contributed by atoms with Crippen LogP contribution in [0.3, 0.4) is 0 Å². The van der Waals surface area contributed by atoms with Crippen molar-refractivity contribution in [2.24, 2.45) is 0 Å². The number of anilines is 1. The summed E-state index contributed by atoms with van der Waals surface area (Å²) in [6.07, 6.45) is 2.71. The maximum absolute atomic E-state index is 12.3. The van der Waals surface area contributed by atoms with E-state index < -0.39 is 0 Å². The zero-order valence-corrected chi connectivity index (χ0v) is 10.7. The minimum absolute atomic E-state index is 0.0284. The molecule has 0 fully saturated rings. The second-order valence-corrected chi connectivity index (χ2v) is 4.98. The molecule has 1 N–H and O–H groups in total. The van der Waals surface area contributed by atoms with Crippen LogP contribution in [-0.2, 0) is 6.42 Å². The van der Waals surface area contributed by atoms with E-state index in [9.17, 15) is 4.79 Å². The lowest BCUT2D eigenvalue weighted by Gasteiger charge is -2.16. The van der Waals surface area contributed by atoms with Crippen LogP contribution in [0.15, 0.2) is 41.0 Å². The Morgan fingerprint density at radius 3 is 2.94 bits per heavy atom. The molecule has 1 aliphatic heterocycles. The van der Waals surface area contributed by atoms with E-state index in [2.05, 4.69) is 27.0 Å². The van der Waals surface area contributed by atoms with Gasteiger partial charge in [-0.2, -0.15) is 0 Å². The smallest absolute Gasteiger partial charge is 0.274 e. The van der Waals surface area contributed by atoms with Gasteiger partial charge in [-0.3, -0.25) is 4.79 Å². The summed E-state index contributed by atoms with van der Waals surface area (Å²) in [5.41, 5.74) is 2.89. The van der Waals surface area contributed by atoms with Crippen LogP contribution < -0.4 is 4.90 Å². The van der Waals surface area contributed by atoms with Crippen molar-refractivity contribution in [3.63, 3.8) is 0 Å². The first-order valence-corrected chi connectivity index (χ1v) is 6.29. The van der Waals surface area contributed by atoms with Crippen molar-refractivity contribution >= 4 is 27.5 Å². The number of H-pyrrole nitrogens is 1. The maximum atomic E-state index is 12.3. The van der Waals surface area contributed by atoms with E-state index in [1.807, 2.05) is 29.2 Å². The van der Waals surface area contributed by atoms with Crippen LogP contribution in [0, 0.1) is 0 Å². The number of nitrogens with zero attached hydrogens (tertiary/aromatic N) is 1. The molecule has 0 unspecified atom stereocenters. The summed E-state index contributed by atoms with van der Waals surface area (Å²) in [5.74, 6) is 0.0284.